The van der Waals surface area contributed by atoms with Gasteiger partial charge in [0.15, 0.2) is 0 Å². The van der Waals surface area contributed by atoms with Gasteiger partial charge >= 0.3 is 0 Å². The number of non-ortho nitro benzene ring substituents is 1. The van der Waals surface area contributed by atoms with Gasteiger partial charge in [-0.25, -0.2) is 12.8 Å². The second kappa shape index (κ2) is 5.98. The first-order chi connectivity index (χ1) is 10.3. The molecule has 0 aliphatic carbocycles. The van der Waals surface area contributed by atoms with E-state index in [9.17, 15) is 22.9 Å². The van der Waals surface area contributed by atoms with Crippen LogP contribution in [0.15, 0.2) is 47.4 Å². The Morgan fingerprint density at radius 3 is 2.55 bits per heavy atom. The molecule has 0 saturated carbocycles. The summed E-state index contributed by atoms with van der Waals surface area (Å²) in [5.41, 5.74) is -0.408. The zero-order valence-corrected chi connectivity index (χ0v) is 12.1. The monoisotopic (exact) mass is 326 g/mol. The van der Waals surface area contributed by atoms with Crippen LogP contribution in [0.1, 0.15) is 0 Å². The maximum absolute atomic E-state index is 13.1. The summed E-state index contributed by atoms with van der Waals surface area (Å²) < 4.78 is 44.8. The van der Waals surface area contributed by atoms with Crippen molar-refractivity contribution in [3.63, 3.8) is 0 Å². The number of hydrogen-bond donors (Lipinski definition) is 1. The van der Waals surface area contributed by atoms with Crippen molar-refractivity contribution >= 4 is 21.4 Å². The molecule has 0 bridgehead atoms. The SMILES string of the molecule is COc1ccc([N+](=O)[O-])cc1S(=O)(=O)Nc1cccc(F)c1. The fourth-order valence-corrected chi connectivity index (χ4v) is 2.99. The molecule has 0 aliphatic heterocycles. The second-order valence-electron chi connectivity index (χ2n) is 4.21. The van der Waals surface area contributed by atoms with Gasteiger partial charge in [-0.15, -0.1) is 0 Å². The van der Waals surface area contributed by atoms with Crippen molar-refractivity contribution in [1.29, 1.82) is 0 Å². The fraction of sp³-hybridized carbons (Fsp3) is 0.0769. The van der Waals surface area contributed by atoms with Gasteiger partial charge in [-0.2, -0.15) is 0 Å². The number of benzene rings is 2. The van der Waals surface area contributed by atoms with Crippen LogP contribution >= 0.6 is 0 Å². The number of nitro groups is 1. The van der Waals surface area contributed by atoms with E-state index in [1.165, 1.54) is 25.3 Å². The summed E-state index contributed by atoms with van der Waals surface area (Å²) >= 11 is 0. The first-order valence-corrected chi connectivity index (χ1v) is 7.42. The molecule has 0 unspecified atom stereocenters. The molecule has 0 aliphatic rings. The Hall–Kier alpha value is -2.68. The topological polar surface area (TPSA) is 98.5 Å². The quantitative estimate of drug-likeness (QED) is 0.672. The Bertz CT molecular complexity index is 823. The van der Waals surface area contributed by atoms with Crippen molar-refractivity contribution in [2.45, 2.75) is 4.90 Å². The molecule has 0 spiro atoms. The van der Waals surface area contributed by atoms with Crippen LogP contribution < -0.4 is 9.46 Å². The van der Waals surface area contributed by atoms with Crippen LogP contribution in [0.5, 0.6) is 5.75 Å². The van der Waals surface area contributed by atoms with Crippen LogP contribution in [0, 0.1) is 15.9 Å². The van der Waals surface area contributed by atoms with Crippen molar-refractivity contribution in [3.05, 3.63) is 58.4 Å². The van der Waals surface area contributed by atoms with E-state index in [0.717, 1.165) is 24.3 Å². The molecule has 22 heavy (non-hydrogen) atoms. The van der Waals surface area contributed by atoms with Crippen LogP contribution in [0.2, 0.25) is 0 Å². The standard InChI is InChI=1S/C13H11FN2O5S/c1-21-12-6-5-11(16(17)18)8-13(12)22(19,20)15-10-4-2-3-9(14)7-10/h2-8,15H,1H3. The van der Waals surface area contributed by atoms with Crippen molar-refractivity contribution < 1.29 is 22.5 Å². The zero-order chi connectivity index (χ0) is 16.3. The van der Waals surface area contributed by atoms with E-state index in [0.29, 0.717) is 0 Å². The third kappa shape index (κ3) is 3.31. The highest BCUT2D eigenvalue weighted by Gasteiger charge is 2.23. The van der Waals surface area contributed by atoms with Gasteiger partial charge in [0, 0.05) is 12.1 Å². The van der Waals surface area contributed by atoms with Crippen LogP contribution in [-0.2, 0) is 10.0 Å². The lowest BCUT2D eigenvalue weighted by Crippen LogP contribution is -2.14. The van der Waals surface area contributed by atoms with E-state index in [1.807, 2.05) is 0 Å². The number of sulfonamides is 1. The number of nitro benzene ring substituents is 1. The molecule has 0 aromatic heterocycles. The summed E-state index contributed by atoms with van der Waals surface area (Å²) in [6, 6.07) is 8.01. The summed E-state index contributed by atoms with van der Waals surface area (Å²) in [5, 5.41) is 10.8. The van der Waals surface area contributed by atoms with Crippen LogP contribution in [0.25, 0.3) is 0 Å². The lowest BCUT2D eigenvalue weighted by molar-refractivity contribution is -0.385. The minimum Gasteiger partial charge on any atom is -0.495 e. The number of nitrogens with one attached hydrogen (secondary N) is 1. The molecular weight excluding hydrogens is 315 g/mol. The molecule has 0 heterocycles. The summed E-state index contributed by atoms with van der Waals surface area (Å²) in [4.78, 5) is 9.65. The number of rotatable bonds is 5. The summed E-state index contributed by atoms with van der Waals surface area (Å²) in [5.74, 6) is -0.680. The molecule has 2 aromatic rings. The number of methoxy groups -OCH3 is 1. The molecule has 116 valence electrons. The van der Waals surface area contributed by atoms with E-state index in [4.69, 9.17) is 4.74 Å². The molecule has 0 saturated heterocycles. The lowest BCUT2D eigenvalue weighted by atomic mass is 10.3. The van der Waals surface area contributed by atoms with Crippen molar-refractivity contribution in [3.8, 4) is 5.75 Å². The van der Waals surface area contributed by atoms with Gasteiger partial charge in [0.1, 0.15) is 16.5 Å². The first-order valence-electron chi connectivity index (χ1n) is 5.94. The minimum absolute atomic E-state index is 0.00596. The predicted octanol–water partition coefficient (Wildman–Crippen LogP) is 2.54. The summed E-state index contributed by atoms with van der Waals surface area (Å²) in [6.45, 7) is 0. The number of hydrogen-bond acceptors (Lipinski definition) is 5. The van der Waals surface area contributed by atoms with Crippen LogP contribution in [-0.4, -0.2) is 20.5 Å². The Morgan fingerprint density at radius 2 is 1.95 bits per heavy atom. The van der Waals surface area contributed by atoms with E-state index in [1.54, 1.807) is 0 Å². The van der Waals surface area contributed by atoms with Gasteiger partial charge in [0.2, 0.25) is 0 Å². The average molecular weight is 326 g/mol. The highest BCUT2D eigenvalue weighted by atomic mass is 32.2. The molecule has 0 fully saturated rings. The van der Waals surface area contributed by atoms with Crippen LogP contribution in [0.4, 0.5) is 15.8 Å². The molecule has 0 amide bonds. The molecule has 0 radical (unpaired) electrons. The minimum atomic E-state index is -4.17. The first kappa shape index (κ1) is 15.7. The Labute approximate surface area is 125 Å². The largest absolute Gasteiger partial charge is 0.495 e. The number of anilines is 1. The maximum atomic E-state index is 13.1. The zero-order valence-electron chi connectivity index (χ0n) is 11.3. The number of ether oxygens (including phenoxy) is 1. The van der Waals surface area contributed by atoms with E-state index in [2.05, 4.69) is 4.72 Å². The molecule has 9 heteroatoms. The lowest BCUT2D eigenvalue weighted by Gasteiger charge is -2.11. The van der Waals surface area contributed by atoms with E-state index < -0.39 is 31.3 Å². The number of nitrogens with zero attached hydrogens (tertiary/aromatic N) is 1. The van der Waals surface area contributed by atoms with Gasteiger partial charge in [-0.05, 0) is 24.3 Å². The fourth-order valence-electron chi connectivity index (χ4n) is 1.75. The molecule has 7 nitrogen and oxygen atoms in total. The summed E-state index contributed by atoms with van der Waals surface area (Å²) in [6.07, 6.45) is 0. The second-order valence-corrected chi connectivity index (χ2v) is 5.86. The van der Waals surface area contributed by atoms with Gasteiger partial charge < -0.3 is 4.74 Å². The predicted molar refractivity (Wildman–Crippen MR) is 76.9 cm³/mol. The molecule has 2 rings (SSSR count). The Morgan fingerprint density at radius 1 is 1.23 bits per heavy atom. The third-order valence-electron chi connectivity index (χ3n) is 2.72. The van der Waals surface area contributed by atoms with E-state index in [-0.39, 0.29) is 11.4 Å². The molecule has 1 N–H and O–H groups in total. The highest BCUT2D eigenvalue weighted by molar-refractivity contribution is 7.92. The molecular formula is C13H11FN2O5S. The van der Waals surface area contributed by atoms with Gasteiger partial charge in [-0.3, -0.25) is 14.8 Å². The molecule has 0 atom stereocenters. The van der Waals surface area contributed by atoms with Gasteiger partial charge in [0.25, 0.3) is 15.7 Å². The van der Waals surface area contributed by atoms with Gasteiger partial charge in [-0.1, -0.05) is 6.07 Å². The summed E-state index contributed by atoms with van der Waals surface area (Å²) in [7, 11) is -2.94. The Balaban J connectivity index is 2.48. The normalized spacial score (nSPS) is 11.0. The molecule has 2 aromatic carbocycles. The number of halogens is 1. The van der Waals surface area contributed by atoms with Crippen LogP contribution in [0.3, 0.4) is 0 Å². The smallest absolute Gasteiger partial charge is 0.271 e. The van der Waals surface area contributed by atoms with Crippen molar-refractivity contribution in [1.82, 2.24) is 0 Å². The Kier molecular flexibility index (Phi) is 4.27. The van der Waals surface area contributed by atoms with E-state index >= 15 is 0 Å². The van der Waals surface area contributed by atoms with Crippen molar-refractivity contribution in [2.24, 2.45) is 0 Å². The third-order valence-corrected chi connectivity index (χ3v) is 4.13. The average Bonchev–Trinajstić information content (AvgIpc) is 2.46. The van der Waals surface area contributed by atoms with Gasteiger partial charge in [0.05, 0.1) is 17.7 Å². The maximum Gasteiger partial charge on any atom is 0.271 e. The van der Waals surface area contributed by atoms with Crippen molar-refractivity contribution in [2.75, 3.05) is 11.8 Å². The highest BCUT2D eigenvalue weighted by Crippen LogP contribution is 2.29.